The number of rotatable bonds is 11. The summed E-state index contributed by atoms with van der Waals surface area (Å²) < 4.78 is 0. The highest BCUT2D eigenvalue weighted by atomic mass is 32.1. The van der Waals surface area contributed by atoms with Crippen molar-refractivity contribution in [1.29, 1.82) is 0 Å². The minimum absolute atomic E-state index is 0.124. The molecule has 6 heterocycles. The number of hydrazone groups is 2. The predicted molar refractivity (Wildman–Crippen MR) is 177 cm³/mol. The van der Waals surface area contributed by atoms with Crippen LogP contribution in [0.25, 0.3) is 49.7 Å². The molecule has 6 aromatic heterocycles. The normalized spacial score (nSPS) is 11.6. The van der Waals surface area contributed by atoms with Crippen molar-refractivity contribution in [3.63, 3.8) is 0 Å². The summed E-state index contributed by atoms with van der Waals surface area (Å²) in [6.45, 7) is 3.40. The Kier molecular flexibility index (Phi) is 8.45. The molecule has 0 bridgehead atoms. The molecule has 0 atom stereocenters. The molecule has 17 heteroatoms. The third-order valence-electron chi connectivity index (χ3n) is 6.17. The van der Waals surface area contributed by atoms with Crippen LogP contribution in [-0.2, 0) is 22.4 Å². The van der Waals surface area contributed by atoms with Gasteiger partial charge in [0.2, 0.25) is 5.82 Å². The Morgan fingerprint density at radius 3 is 1.89 bits per heavy atom. The van der Waals surface area contributed by atoms with Crippen molar-refractivity contribution in [2.24, 2.45) is 16.0 Å². The maximum absolute atomic E-state index is 11.8. The van der Waals surface area contributed by atoms with Gasteiger partial charge in [-0.25, -0.2) is 0 Å². The fraction of sp³-hybridized carbons (Fsp3) is 0.0741. The highest BCUT2D eigenvalue weighted by Gasteiger charge is 2.22. The van der Waals surface area contributed by atoms with Gasteiger partial charge in [0.15, 0.2) is 5.84 Å². The van der Waals surface area contributed by atoms with E-state index >= 15 is 0 Å². The minimum Gasteiger partial charge on any atom is -0.481 e. The summed E-state index contributed by atoms with van der Waals surface area (Å²) in [5.74, 6) is 4.51. The second-order valence-electron chi connectivity index (χ2n) is 9.05. The third kappa shape index (κ3) is 6.08. The average Bonchev–Trinajstić information content (AvgIpc) is 3.82. The van der Waals surface area contributed by atoms with E-state index in [0.29, 0.717) is 22.8 Å². The van der Waals surface area contributed by atoms with Crippen LogP contribution in [0.1, 0.15) is 16.0 Å². The molecule has 0 saturated heterocycles. The van der Waals surface area contributed by atoms with Crippen LogP contribution in [0.3, 0.4) is 0 Å². The summed E-state index contributed by atoms with van der Waals surface area (Å²) in [5, 5.41) is 40.8. The first-order chi connectivity index (χ1) is 21.3. The van der Waals surface area contributed by atoms with Gasteiger partial charge in [0.05, 0.1) is 22.6 Å². The highest BCUT2D eigenvalue weighted by molar-refractivity contribution is 7.30. The molecule has 12 nitrogen and oxygen atoms in total. The number of aliphatic carboxylic acids is 2. The van der Waals surface area contributed by atoms with Gasteiger partial charge in [-0.2, -0.15) is 15.4 Å². The minimum atomic E-state index is -0.930. The van der Waals surface area contributed by atoms with Crippen LogP contribution in [-0.4, -0.2) is 55.3 Å². The van der Waals surface area contributed by atoms with Gasteiger partial charge in [0, 0.05) is 45.7 Å². The second-order valence-corrected chi connectivity index (χ2v) is 14.4. The van der Waals surface area contributed by atoms with Gasteiger partial charge in [0.1, 0.15) is 0 Å². The summed E-state index contributed by atoms with van der Waals surface area (Å²) in [5.41, 5.74) is 4.08. The van der Waals surface area contributed by atoms with Gasteiger partial charge >= 0.3 is 11.9 Å². The van der Waals surface area contributed by atoms with E-state index in [1.54, 1.807) is 0 Å². The molecule has 222 valence electrons. The average molecular weight is 681 g/mol. The number of nitrogens with one attached hydrogen (secondary N) is 2. The van der Waals surface area contributed by atoms with Crippen molar-refractivity contribution >= 4 is 81.2 Å². The topological polar surface area (TPSA) is 192 Å². The Balaban J connectivity index is 1.36. The first-order valence-electron chi connectivity index (χ1n) is 12.6. The lowest BCUT2D eigenvalue weighted by Gasteiger charge is -1.99. The van der Waals surface area contributed by atoms with Crippen molar-refractivity contribution in [2.45, 2.75) is 12.8 Å². The zero-order valence-corrected chi connectivity index (χ0v) is 26.4. The molecule has 0 aliphatic carbocycles. The lowest BCUT2D eigenvalue weighted by atomic mass is 10.1. The first kappa shape index (κ1) is 29.5. The zero-order valence-electron chi connectivity index (χ0n) is 22.3. The molecule has 0 unspecified atom stereocenters. The number of carbonyl (C=O) groups is 2. The maximum Gasteiger partial charge on any atom is 0.307 e. The fourth-order valence-electron chi connectivity index (χ4n) is 4.36. The molecule has 6 rings (SSSR count). The highest BCUT2D eigenvalue weighted by Crippen LogP contribution is 2.48. The Hall–Kier alpha value is -4.55. The van der Waals surface area contributed by atoms with Gasteiger partial charge in [0.25, 0.3) is 0 Å². The molecular formula is C27H20N8O4S5. The van der Waals surface area contributed by atoms with Gasteiger partial charge in [-0.15, -0.1) is 66.9 Å². The van der Waals surface area contributed by atoms with Crippen LogP contribution >= 0.6 is 56.7 Å². The first-order valence-corrected chi connectivity index (χ1v) is 16.6. The van der Waals surface area contributed by atoms with Crippen LogP contribution in [0.2, 0.25) is 0 Å². The number of nitrogens with two attached hydrogens (primary N) is 1. The fourth-order valence-corrected chi connectivity index (χ4v) is 10.1. The molecular weight excluding hydrogens is 661 g/mol. The SMILES string of the molecule is C=NNC(=NN)c1ccc(-c2cc(CC(=O)O)c(-c3ccc(-c4sc(-c5ccc(-c6nn[nH]n6)s5)cc4CC(=O)O)s3)s2)s1. The number of thiophene rings is 5. The quantitative estimate of drug-likeness (QED) is 0.0478. The van der Waals surface area contributed by atoms with E-state index in [9.17, 15) is 19.8 Å². The number of nitrogens with zero attached hydrogens (tertiary/aromatic N) is 5. The Bertz CT molecular complexity index is 2010. The Morgan fingerprint density at radius 2 is 1.34 bits per heavy atom. The number of tetrazole rings is 1. The Labute approximate surface area is 268 Å². The molecule has 0 spiro atoms. The largest absolute Gasteiger partial charge is 0.481 e. The number of H-pyrrole nitrogens is 1. The van der Waals surface area contributed by atoms with Crippen LogP contribution < -0.4 is 11.3 Å². The van der Waals surface area contributed by atoms with Gasteiger partial charge in [-0.1, -0.05) is 0 Å². The van der Waals surface area contributed by atoms with E-state index in [2.05, 4.69) is 43.0 Å². The van der Waals surface area contributed by atoms with Gasteiger partial charge < -0.3 is 16.1 Å². The number of aromatic nitrogens is 4. The standard InChI is InChI=1S/C27H20N8O4S5/c1-29-31-26(30-28)18-6-2-14(40-18)20-8-12(10-22(36)37)24(43-20)16-4-5-17(42-16)25-13(11-23(38)39)9-21(44-25)15-3-7-19(41-15)27-32-34-35-33-27/h2-9H,1,10-11,28H2,(H,30,31)(H,36,37)(H,38,39)(H,32,33,34,35). The van der Waals surface area contributed by atoms with E-state index in [1.807, 2.05) is 48.5 Å². The van der Waals surface area contributed by atoms with Crippen LogP contribution in [0, 0.1) is 0 Å². The number of carboxylic acid groups (broad SMARTS) is 2. The monoisotopic (exact) mass is 680 g/mol. The van der Waals surface area contributed by atoms with E-state index in [1.165, 1.54) is 56.7 Å². The number of hydrogen-bond donors (Lipinski definition) is 5. The van der Waals surface area contributed by atoms with Crippen molar-refractivity contribution in [1.82, 2.24) is 26.0 Å². The molecule has 0 amide bonds. The number of carboxylic acids is 2. The molecule has 0 aromatic carbocycles. The van der Waals surface area contributed by atoms with Crippen LogP contribution in [0.15, 0.2) is 58.7 Å². The van der Waals surface area contributed by atoms with Crippen molar-refractivity contribution in [3.05, 3.63) is 64.5 Å². The molecule has 6 aromatic rings. The molecule has 0 radical (unpaired) electrons. The van der Waals surface area contributed by atoms with E-state index in [0.717, 1.165) is 48.8 Å². The van der Waals surface area contributed by atoms with Crippen molar-refractivity contribution in [3.8, 4) is 49.7 Å². The summed E-state index contributed by atoms with van der Waals surface area (Å²) in [7, 11) is 0. The maximum atomic E-state index is 11.8. The predicted octanol–water partition coefficient (Wildman–Crippen LogP) is 5.92. The number of aromatic amines is 1. The zero-order chi connectivity index (χ0) is 30.8. The third-order valence-corrected chi connectivity index (χ3v) is 12.5. The number of amidine groups is 1. The molecule has 0 saturated carbocycles. The summed E-state index contributed by atoms with van der Waals surface area (Å²) in [6.07, 6.45) is -0.260. The van der Waals surface area contributed by atoms with E-state index in [4.69, 9.17) is 5.84 Å². The van der Waals surface area contributed by atoms with Gasteiger partial charge in [-0.05, 0) is 64.9 Å². The summed E-state index contributed by atoms with van der Waals surface area (Å²) in [4.78, 5) is 32.4. The molecule has 44 heavy (non-hydrogen) atoms. The molecule has 0 aliphatic heterocycles. The summed E-state index contributed by atoms with van der Waals surface area (Å²) >= 11 is 7.47. The molecule has 0 fully saturated rings. The van der Waals surface area contributed by atoms with E-state index < -0.39 is 11.9 Å². The van der Waals surface area contributed by atoms with Gasteiger partial charge in [-0.3, -0.25) is 15.0 Å². The van der Waals surface area contributed by atoms with E-state index in [-0.39, 0.29) is 12.8 Å². The number of hydrogen-bond acceptors (Lipinski definition) is 13. The second kappa shape index (κ2) is 12.6. The smallest absolute Gasteiger partial charge is 0.307 e. The Morgan fingerprint density at radius 1 is 0.795 bits per heavy atom. The van der Waals surface area contributed by atoms with Crippen LogP contribution in [0.4, 0.5) is 0 Å². The lowest BCUT2D eigenvalue weighted by Crippen LogP contribution is -2.18. The lowest BCUT2D eigenvalue weighted by molar-refractivity contribution is -0.137. The van der Waals surface area contributed by atoms with Crippen molar-refractivity contribution < 1.29 is 19.8 Å². The molecule has 0 aliphatic rings. The van der Waals surface area contributed by atoms with Crippen LogP contribution in [0.5, 0.6) is 0 Å². The molecule has 6 N–H and O–H groups in total. The van der Waals surface area contributed by atoms with Crippen molar-refractivity contribution in [2.75, 3.05) is 0 Å². The summed E-state index contributed by atoms with van der Waals surface area (Å²) in [6, 6.07) is 15.4.